The summed E-state index contributed by atoms with van der Waals surface area (Å²) in [5, 5.41) is 7.40. The largest absolute Gasteiger partial charge is 0.439 e. The number of hydrogen-bond donors (Lipinski definition) is 1. The lowest BCUT2D eigenvalue weighted by Gasteiger charge is -2.10. The second-order valence-corrected chi connectivity index (χ2v) is 8.14. The summed E-state index contributed by atoms with van der Waals surface area (Å²) in [6.45, 7) is 7.82. The van der Waals surface area contributed by atoms with Crippen LogP contribution in [0, 0.1) is 27.7 Å². The van der Waals surface area contributed by atoms with Gasteiger partial charge in [-0.3, -0.25) is 9.78 Å². The van der Waals surface area contributed by atoms with E-state index in [0.29, 0.717) is 34.5 Å². The van der Waals surface area contributed by atoms with E-state index in [4.69, 9.17) is 4.74 Å². The number of hydrogen-bond acceptors (Lipinski definition) is 7. The molecule has 3 heterocycles. The molecular formula is C26H23N7O2. The van der Waals surface area contributed by atoms with E-state index in [-0.39, 0.29) is 11.6 Å². The zero-order valence-corrected chi connectivity index (χ0v) is 19.8. The van der Waals surface area contributed by atoms with Crippen molar-refractivity contribution in [1.29, 1.82) is 0 Å². The van der Waals surface area contributed by atoms with Gasteiger partial charge in [0.25, 0.3) is 5.91 Å². The molecule has 1 amide bonds. The minimum Gasteiger partial charge on any atom is -0.439 e. The van der Waals surface area contributed by atoms with E-state index in [1.807, 2.05) is 52.0 Å². The number of aryl methyl sites for hydroxylation is 2. The number of carbonyl (C=O) groups is 1. The maximum Gasteiger partial charge on any atom is 0.275 e. The molecule has 0 radical (unpaired) electrons. The Labute approximate surface area is 201 Å². The fraction of sp³-hybridized carbons (Fsp3) is 0.154. The van der Waals surface area contributed by atoms with Crippen molar-refractivity contribution in [2.45, 2.75) is 27.7 Å². The first kappa shape index (κ1) is 22.1. The second kappa shape index (κ2) is 8.94. The van der Waals surface area contributed by atoms with Crippen LogP contribution < -0.4 is 10.1 Å². The Bertz CT molecular complexity index is 1560. The molecule has 3 aromatic heterocycles. The van der Waals surface area contributed by atoms with E-state index in [2.05, 4.69) is 30.4 Å². The molecule has 0 aliphatic carbocycles. The first-order valence-electron chi connectivity index (χ1n) is 11.1. The highest BCUT2D eigenvalue weighted by atomic mass is 16.5. The van der Waals surface area contributed by atoms with Crippen LogP contribution in [0.15, 0.2) is 60.8 Å². The smallest absolute Gasteiger partial charge is 0.275 e. The fourth-order valence-electron chi connectivity index (χ4n) is 3.62. The van der Waals surface area contributed by atoms with Crippen molar-refractivity contribution < 1.29 is 9.53 Å². The van der Waals surface area contributed by atoms with Crippen molar-refractivity contribution in [2.75, 3.05) is 5.32 Å². The van der Waals surface area contributed by atoms with E-state index in [1.54, 1.807) is 35.0 Å². The fourth-order valence-corrected chi connectivity index (χ4v) is 3.62. The van der Waals surface area contributed by atoms with Gasteiger partial charge in [-0.25, -0.2) is 14.6 Å². The number of aromatic nitrogens is 6. The lowest BCUT2D eigenvalue weighted by molar-refractivity contribution is 0.102. The lowest BCUT2D eigenvalue weighted by atomic mass is 10.2. The molecule has 174 valence electrons. The Morgan fingerprint density at radius 2 is 1.66 bits per heavy atom. The van der Waals surface area contributed by atoms with Crippen molar-refractivity contribution in [3.63, 3.8) is 0 Å². The molecule has 5 aromatic rings. The standard InChI is InChI=1S/C26H23N7O2/c1-15-16(2)32-33(17(15)3)24-13-25(29-18(4)28-24)35-20-11-9-19(10-12-20)30-26(34)23-14-27-21-7-5-6-8-22(21)31-23/h5-14H,1-4H3,(H,30,34). The van der Waals surface area contributed by atoms with Gasteiger partial charge in [0.15, 0.2) is 5.82 Å². The summed E-state index contributed by atoms with van der Waals surface area (Å²) in [4.78, 5) is 30.2. The van der Waals surface area contributed by atoms with Crippen molar-refractivity contribution in [3.8, 4) is 17.4 Å². The molecule has 5 rings (SSSR count). The first-order valence-corrected chi connectivity index (χ1v) is 11.1. The summed E-state index contributed by atoms with van der Waals surface area (Å²) in [6, 6.07) is 16.2. The maximum atomic E-state index is 12.6. The van der Waals surface area contributed by atoms with Crippen molar-refractivity contribution in [1.82, 2.24) is 29.7 Å². The Morgan fingerprint density at radius 1 is 0.914 bits per heavy atom. The van der Waals surface area contributed by atoms with Crippen LogP contribution in [0.1, 0.15) is 33.3 Å². The van der Waals surface area contributed by atoms with E-state index in [0.717, 1.165) is 22.5 Å². The third kappa shape index (κ3) is 4.56. The normalized spacial score (nSPS) is 11.0. The van der Waals surface area contributed by atoms with Crippen LogP contribution in [0.4, 0.5) is 5.69 Å². The monoisotopic (exact) mass is 465 g/mol. The minimum absolute atomic E-state index is 0.243. The predicted molar refractivity (Wildman–Crippen MR) is 132 cm³/mol. The molecule has 0 unspecified atom stereocenters. The Kier molecular flexibility index (Phi) is 5.66. The van der Waals surface area contributed by atoms with Gasteiger partial charge in [0.2, 0.25) is 5.88 Å². The molecule has 0 fully saturated rings. The molecule has 2 aromatic carbocycles. The summed E-state index contributed by atoms with van der Waals surface area (Å²) < 4.78 is 7.76. The topological polar surface area (TPSA) is 108 Å². The number of nitrogens with one attached hydrogen (secondary N) is 1. The Balaban J connectivity index is 1.31. The van der Waals surface area contributed by atoms with E-state index < -0.39 is 0 Å². The third-order valence-corrected chi connectivity index (χ3v) is 5.69. The van der Waals surface area contributed by atoms with Gasteiger partial charge in [0.05, 0.1) is 22.9 Å². The molecule has 0 atom stereocenters. The number of benzene rings is 2. The average molecular weight is 466 g/mol. The molecule has 9 heteroatoms. The van der Waals surface area contributed by atoms with Crippen LogP contribution in [0.2, 0.25) is 0 Å². The van der Waals surface area contributed by atoms with Crippen LogP contribution >= 0.6 is 0 Å². The molecule has 1 N–H and O–H groups in total. The van der Waals surface area contributed by atoms with Gasteiger partial charge in [-0.05, 0) is 69.7 Å². The highest BCUT2D eigenvalue weighted by molar-refractivity contribution is 6.03. The molecule has 0 bridgehead atoms. The summed E-state index contributed by atoms with van der Waals surface area (Å²) >= 11 is 0. The van der Waals surface area contributed by atoms with Crippen LogP contribution in [0.25, 0.3) is 16.9 Å². The number of nitrogens with zero attached hydrogens (tertiary/aromatic N) is 6. The molecule has 0 saturated heterocycles. The Hall–Kier alpha value is -4.66. The number of amides is 1. The van der Waals surface area contributed by atoms with Crippen molar-refractivity contribution in [3.05, 3.63) is 89.3 Å². The highest BCUT2D eigenvalue weighted by Crippen LogP contribution is 2.24. The molecule has 0 saturated carbocycles. The summed E-state index contributed by atoms with van der Waals surface area (Å²) in [7, 11) is 0. The van der Waals surface area contributed by atoms with E-state index >= 15 is 0 Å². The summed E-state index contributed by atoms with van der Waals surface area (Å²) in [5.41, 5.74) is 5.34. The van der Waals surface area contributed by atoms with Gasteiger partial charge in [-0.15, -0.1) is 0 Å². The second-order valence-electron chi connectivity index (χ2n) is 8.14. The molecular weight excluding hydrogens is 442 g/mol. The van der Waals surface area contributed by atoms with Gasteiger partial charge in [0, 0.05) is 17.4 Å². The maximum absolute atomic E-state index is 12.6. The molecule has 0 spiro atoms. The highest BCUT2D eigenvalue weighted by Gasteiger charge is 2.13. The summed E-state index contributed by atoms with van der Waals surface area (Å²) in [6.07, 6.45) is 1.47. The zero-order chi connectivity index (χ0) is 24.5. The predicted octanol–water partition coefficient (Wildman–Crippen LogP) is 4.88. The number of rotatable bonds is 5. The number of para-hydroxylation sites is 2. The van der Waals surface area contributed by atoms with Crippen LogP contribution in [-0.4, -0.2) is 35.6 Å². The van der Waals surface area contributed by atoms with Crippen LogP contribution in [0.5, 0.6) is 11.6 Å². The van der Waals surface area contributed by atoms with Gasteiger partial charge in [0.1, 0.15) is 17.3 Å². The van der Waals surface area contributed by atoms with Gasteiger partial charge >= 0.3 is 0 Å². The van der Waals surface area contributed by atoms with E-state index in [1.165, 1.54) is 6.20 Å². The number of carbonyl (C=O) groups excluding carboxylic acids is 1. The SMILES string of the molecule is Cc1nc(Oc2ccc(NC(=O)c3cnc4ccccc4n3)cc2)cc(-n2nc(C)c(C)c2C)n1. The summed E-state index contributed by atoms with van der Waals surface area (Å²) in [5.74, 6) is 1.85. The Morgan fingerprint density at radius 3 is 2.37 bits per heavy atom. The minimum atomic E-state index is -0.340. The number of anilines is 1. The average Bonchev–Trinajstić information content (AvgIpc) is 3.12. The third-order valence-electron chi connectivity index (χ3n) is 5.69. The van der Waals surface area contributed by atoms with Gasteiger partial charge in [-0.2, -0.15) is 10.1 Å². The van der Waals surface area contributed by atoms with Crippen LogP contribution in [0.3, 0.4) is 0 Å². The van der Waals surface area contributed by atoms with Crippen molar-refractivity contribution >= 4 is 22.6 Å². The van der Waals surface area contributed by atoms with Crippen molar-refractivity contribution in [2.24, 2.45) is 0 Å². The lowest BCUT2D eigenvalue weighted by Crippen LogP contribution is -2.14. The quantitative estimate of drug-likeness (QED) is 0.394. The van der Waals surface area contributed by atoms with Crippen LogP contribution in [-0.2, 0) is 0 Å². The number of fused-ring (bicyclic) bond motifs is 1. The first-order chi connectivity index (χ1) is 16.9. The molecule has 0 aliphatic rings. The number of ether oxygens (including phenoxy) is 1. The van der Waals surface area contributed by atoms with Gasteiger partial charge < -0.3 is 10.1 Å². The van der Waals surface area contributed by atoms with E-state index in [9.17, 15) is 4.79 Å². The zero-order valence-electron chi connectivity index (χ0n) is 19.8. The molecule has 9 nitrogen and oxygen atoms in total. The molecule has 0 aliphatic heterocycles. The molecule has 35 heavy (non-hydrogen) atoms. The van der Waals surface area contributed by atoms with Gasteiger partial charge in [-0.1, -0.05) is 12.1 Å².